The first-order valence-corrected chi connectivity index (χ1v) is 12.3. The zero-order valence-corrected chi connectivity index (χ0v) is 21.2. The molecule has 2 atom stereocenters. The highest BCUT2D eigenvalue weighted by molar-refractivity contribution is 9.10. The lowest BCUT2D eigenvalue weighted by atomic mass is 10.1. The van der Waals surface area contributed by atoms with Crippen LogP contribution in [-0.2, 0) is 14.3 Å². The SMILES string of the molecule is C[C@H](c1ccccc1)N1C[C@H](C(=O)Nc2ccc(C(=O)OCC(=O)c3ccc(Br)cc3)cc2)CC1=O. The third kappa shape index (κ3) is 6.07. The lowest BCUT2D eigenvalue weighted by molar-refractivity contribution is -0.129. The van der Waals surface area contributed by atoms with Gasteiger partial charge in [0.2, 0.25) is 11.8 Å². The number of likely N-dealkylation sites (tertiary alicyclic amines) is 1. The van der Waals surface area contributed by atoms with E-state index in [-0.39, 0.29) is 42.2 Å². The van der Waals surface area contributed by atoms with Crippen molar-refractivity contribution < 1.29 is 23.9 Å². The van der Waals surface area contributed by atoms with E-state index in [4.69, 9.17) is 4.74 Å². The van der Waals surface area contributed by atoms with E-state index < -0.39 is 11.9 Å². The Hall–Kier alpha value is -3.78. The van der Waals surface area contributed by atoms with Gasteiger partial charge in [-0.15, -0.1) is 0 Å². The zero-order valence-electron chi connectivity index (χ0n) is 19.6. The van der Waals surface area contributed by atoms with E-state index in [1.165, 1.54) is 12.1 Å². The molecule has 1 N–H and O–H groups in total. The van der Waals surface area contributed by atoms with Gasteiger partial charge in [-0.05, 0) is 48.9 Å². The number of benzene rings is 3. The van der Waals surface area contributed by atoms with Gasteiger partial charge in [-0.3, -0.25) is 14.4 Å². The summed E-state index contributed by atoms with van der Waals surface area (Å²) >= 11 is 3.31. The summed E-state index contributed by atoms with van der Waals surface area (Å²) in [5, 5.41) is 2.82. The van der Waals surface area contributed by atoms with Crippen LogP contribution < -0.4 is 5.32 Å². The standard InChI is InChI=1S/C28H25BrN2O5/c1-18(19-5-3-2-4-6-19)31-16-22(15-26(31)33)27(34)30-24-13-9-21(10-14-24)28(35)36-17-25(32)20-7-11-23(29)12-8-20/h2-14,18,22H,15-17H2,1H3,(H,30,34)/t18-,22-/m1/s1. The van der Waals surface area contributed by atoms with Crippen LogP contribution in [0.1, 0.15) is 45.7 Å². The van der Waals surface area contributed by atoms with Crippen LogP contribution in [0.4, 0.5) is 5.69 Å². The van der Waals surface area contributed by atoms with Gasteiger partial charge < -0.3 is 15.0 Å². The number of Topliss-reactive ketones (excluding diaryl/α,β-unsaturated/α-hetero) is 1. The number of nitrogens with one attached hydrogen (secondary N) is 1. The summed E-state index contributed by atoms with van der Waals surface area (Å²) in [5.74, 6) is -1.70. The molecule has 1 aliphatic heterocycles. The predicted molar refractivity (Wildman–Crippen MR) is 139 cm³/mol. The second kappa shape index (κ2) is 11.3. The van der Waals surface area contributed by atoms with Gasteiger partial charge in [0.1, 0.15) is 0 Å². The van der Waals surface area contributed by atoms with Crippen molar-refractivity contribution in [1.29, 1.82) is 0 Å². The van der Waals surface area contributed by atoms with Crippen molar-refractivity contribution in [3.63, 3.8) is 0 Å². The lowest BCUT2D eigenvalue weighted by Crippen LogP contribution is -2.30. The van der Waals surface area contributed by atoms with Crippen molar-refractivity contribution in [1.82, 2.24) is 4.90 Å². The minimum Gasteiger partial charge on any atom is -0.454 e. The van der Waals surface area contributed by atoms with Gasteiger partial charge in [0, 0.05) is 28.7 Å². The van der Waals surface area contributed by atoms with Crippen LogP contribution in [0.3, 0.4) is 0 Å². The number of carbonyl (C=O) groups is 4. The number of amides is 2. The molecule has 7 nitrogen and oxygen atoms in total. The monoisotopic (exact) mass is 548 g/mol. The molecule has 0 bridgehead atoms. The topological polar surface area (TPSA) is 92.8 Å². The Morgan fingerprint density at radius 1 is 0.972 bits per heavy atom. The van der Waals surface area contributed by atoms with Gasteiger partial charge in [-0.25, -0.2) is 4.79 Å². The number of ether oxygens (including phenoxy) is 1. The number of halogens is 1. The summed E-state index contributed by atoms with van der Waals surface area (Å²) < 4.78 is 5.98. The second-order valence-electron chi connectivity index (χ2n) is 8.61. The molecule has 0 aromatic heterocycles. The van der Waals surface area contributed by atoms with E-state index in [9.17, 15) is 19.2 Å². The van der Waals surface area contributed by atoms with E-state index in [0.29, 0.717) is 17.8 Å². The van der Waals surface area contributed by atoms with Gasteiger partial charge in [0.15, 0.2) is 12.4 Å². The molecule has 0 unspecified atom stereocenters. The highest BCUT2D eigenvalue weighted by atomic mass is 79.9. The first-order valence-electron chi connectivity index (χ1n) is 11.5. The summed E-state index contributed by atoms with van der Waals surface area (Å²) in [7, 11) is 0. The van der Waals surface area contributed by atoms with Gasteiger partial charge in [-0.1, -0.05) is 58.4 Å². The normalized spacial score (nSPS) is 15.9. The van der Waals surface area contributed by atoms with Gasteiger partial charge in [0.05, 0.1) is 17.5 Å². The maximum atomic E-state index is 12.8. The molecule has 184 valence electrons. The average molecular weight is 549 g/mol. The van der Waals surface area contributed by atoms with Crippen molar-refractivity contribution in [2.24, 2.45) is 5.92 Å². The van der Waals surface area contributed by atoms with Crippen molar-refractivity contribution in [3.8, 4) is 0 Å². The molecule has 0 saturated carbocycles. The fourth-order valence-corrected chi connectivity index (χ4v) is 4.32. The van der Waals surface area contributed by atoms with Crippen LogP contribution in [0.25, 0.3) is 0 Å². The van der Waals surface area contributed by atoms with Crippen LogP contribution in [0.5, 0.6) is 0 Å². The first kappa shape index (κ1) is 25.3. The van der Waals surface area contributed by atoms with E-state index in [2.05, 4.69) is 21.2 Å². The summed E-state index contributed by atoms with van der Waals surface area (Å²) in [6.45, 7) is 1.93. The molecule has 8 heteroatoms. The van der Waals surface area contributed by atoms with Crippen LogP contribution in [0.2, 0.25) is 0 Å². The van der Waals surface area contributed by atoms with Crippen molar-refractivity contribution in [3.05, 3.63) is 100 Å². The van der Waals surface area contributed by atoms with Gasteiger partial charge in [-0.2, -0.15) is 0 Å². The Morgan fingerprint density at radius 3 is 2.28 bits per heavy atom. The summed E-state index contributed by atoms with van der Waals surface area (Å²) in [4.78, 5) is 51.6. The molecular weight excluding hydrogens is 524 g/mol. The molecule has 2 amide bonds. The lowest BCUT2D eigenvalue weighted by Gasteiger charge is -2.25. The molecule has 1 saturated heterocycles. The number of hydrogen-bond acceptors (Lipinski definition) is 5. The molecule has 36 heavy (non-hydrogen) atoms. The molecule has 3 aromatic carbocycles. The zero-order chi connectivity index (χ0) is 25.7. The van der Waals surface area contributed by atoms with Gasteiger partial charge >= 0.3 is 5.97 Å². The Kier molecular flexibility index (Phi) is 7.95. The molecule has 4 rings (SSSR count). The number of nitrogens with zero attached hydrogens (tertiary/aromatic N) is 1. The van der Waals surface area contributed by atoms with Crippen LogP contribution in [0.15, 0.2) is 83.3 Å². The Labute approximate surface area is 217 Å². The molecule has 0 spiro atoms. The summed E-state index contributed by atoms with van der Waals surface area (Å²) in [6.07, 6.45) is 0.153. The van der Waals surface area contributed by atoms with E-state index in [0.717, 1.165) is 10.0 Å². The van der Waals surface area contributed by atoms with Crippen molar-refractivity contribution in [2.45, 2.75) is 19.4 Å². The van der Waals surface area contributed by atoms with E-state index in [1.54, 1.807) is 41.3 Å². The molecular formula is C28H25BrN2O5. The molecule has 1 aliphatic rings. The third-order valence-electron chi connectivity index (χ3n) is 6.17. The molecule has 0 aliphatic carbocycles. The molecule has 1 heterocycles. The second-order valence-corrected chi connectivity index (χ2v) is 9.52. The minimum atomic E-state index is -0.634. The van der Waals surface area contributed by atoms with E-state index in [1.807, 2.05) is 37.3 Å². The number of ketones is 1. The largest absolute Gasteiger partial charge is 0.454 e. The quantitative estimate of drug-likeness (QED) is 0.314. The van der Waals surface area contributed by atoms with Crippen molar-refractivity contribution >= 4 is 45.2 Å². The predicted octanol–water partition coefficient (Wildman–Crippen LogP) is 5.04. The van der Waals surface area contributed by atoms with Gasteiger partial charge in [0.25, 0.3) is 0 Å². The highest BCUT2D eigenvalue weighted by Crippen LogP contribution is 2.29. The Balaban J connectivity index is 1.29. The smallest absolute Gasteiger partial charge is 0.338 e. The van der Waals surface area contributed by atoms with Crippen molar-refractivity contribution in [2.75, 3.05) is 18.5 Å². The highest BCUT2D eigenvalue weighted by Gasteiger charge is 2.37. The fraction of sp³-hybridized carbons (Fsp3) is 0.214. The number of anilines is 1. The number of hydrogen-bond donors (Lipinski definition) is 1. The maximum Gasteiger partial charge on any atom is 0.338 e. The average Bonchev–Trinajstić information content (AvgIpc) is 3.29. The molecule has 1 fully saturated rings. The number of carbonyl (C=O) groups excluding carboxylic acids is 4. The maximum absolute atomic E-state index is 12.8. The Bertz CT molecular complexity index is 1260. The van der Waals surface area contributed by atoms with Crippen LogP contribution in [-0.4, -0.2) is 41.6 Å². The van der Waals surface area contributed by atoms with Crippen LogP contribution >= 0.6 is 15.9 Å². The van der Waals surface area contributed by atoms with E-state index >= 15 is 0 Å². The molecule has 0 radical (unpaired) electrons. The first-order chi connectivity index (χ1) is 17.3. The number of esters is 1. The van der Waals surface area contributed by atoms with Crippen LogP contribution in [0, 0.1) is 5.92 Å². The summed E-state index contributed by atoms with van der Waals surface area (Å²) in [6, 6.07) is 22.6. The fourth-order valence-electron chi connectivity index (χ4n) is 4.06. The minimum absolute atomic E-state index is 0.0534. The molecule has 3 aromatic rings. The summed E-state index contributed by atoms with van der Waals surface area (Å²) in [5.41, 5.74) is 2.24. The third-order valence-corrected chi connectivity index (χ3v) is 6.70. The number of rotatable bonds is 8. The Morgan fingerprint density at radius 2 is 1.61 bits per heavy atom.